The lowest BCUT2D eigenvalue weighted by Gasteiger charge is -2.13. The first-order chi connectivity index (χ1) is 8.59. The van der Waals surface area contributed by atoms with Gasteiger partial charge in [-0.05, 0) is 0 Å². The smallest absolute Gasteiger partial charge is 0.230 e. The highest BCUT2D eigenvalue weighted by Crippen LogP contribution is 2.32. The summed E-state index contributed by atoms with van der Waals surface area (Å²) < 4.78 is 22.6. The first kappa shape index (κ1) is 14.4. The molecule has 2 rings (SSSR count). The molecule has 0 aromatic carbocycles. The van der Waals surface area contributed by atoms with Gasteiger partial charge in [0, 0.05) is 18.4 Å². The minimum atomic E-state index is -3.70. The number of amides is 1. The standard InChI is InChI=1S/C10H16N4O3S2/c1-10(2,3)8-12-13-9(18-8)14-5-6(4-7(14)15)19(11,16)17/h6H,4-5H2,1-3H3,(H2,11,16,17). The van der Waals surface area contributed by atoms with Crippen LogP contribution in [0.4, 0.5) is 5.13 Å². The van der Waals surface area contributed by atoms with Crippen LogP contribution in [0.5, 0.6) is 0 Å². The number of aromatic nitrogens is 2. The van der Waals surface area contributed by atoms with Crippen LogP contribution in [0.3, 0.4) is 0 Å². The van der Waals surface area contributed by atoms with Crippen LogP contribution in [0.15, 0.2) is 0 Å². The van der Waals surface area contributed by atoms with Crippen molar-refractivity contribution in [1.82, 2.24) is 10.2 Å². The highest BCUT2D eigenvalue weighted by Gasteiger charge is 2.39. The number of sulfonamides is 1. The highest BCUT2D eigenvalue weighted by atomic mass is 32.2. The fourth-order valence-corrected chi connectivity index (χ4v) is 3.37. The van der Waals surface area contributed by atoms with Crippen LogP contribution < -0.4 is 10.0 Å². The average molecular weight is 304 g/mol. The molecule has 1 unspecified atom stereocenters. The Balaban J connectivity index is 2.24. The molecule has 9 heteroatoms. The van der Waals surface area contributed by atoms with Crippen LogP contribution in [-0.2, 0) is 20.2 Å². The van der Waals surface area contributed by atoms with Crippen LogP contribution in [0.1, 0.15) is 32.2 Å². The normalized spacial score (nSPS) is 21.2. The minimum Gasteiger partial charge on any atom is -0.285 e. The van der Waals surface area contributed by atoms with Gasteiger partial charge in [-0.2, -0.15) is 0 Å². The Morgan fingerprint density at radius 3 is 2.42 bits per heavy atom. The molecule has 1 aromatic heterocycles. The predicted octanol–water partition coefficient (Wildman–Crippen LogP) is 0.229. The zero-order valence-corrected chi connectivity index (χ0v) is 12.6. The third-order valence-corrected chi connectivity index (χ3v) is 5.46. The fourth-order valence-electron chi connectivity index (χ4n) is 1.71. The Bertz CT molecular complexity index is 603. The maximum Gasteiger partial charge on any atom is 0.230 e. The largest absolute Gasteiger partial charge is 0.285 e. The maximum absolute atomic E-state index is 11.8. The topological polar surface area (TPSA) is 106 Å². The van der Waals surface area contributed by atoms with Gasteiger partial charge in [0.15, 0.2) is 0 Å². The molecule has 1 aliphatic rings. The van der Waals surface area contributed by atoms with Gasteiger partial charge in [0.25, 0.3) is 0 Å². The molecule has 2 heterocycles. The summed E-state index contributed by atoms with van der Waals surface area (Å²) in [5, 5.41) is 13.5. The SMILES string of the molecule is CC(C)(C)c1nnc(N2CC(S(N)(=O)=O)CC2=O)s1. The monoisotopic (exact) mass is 304 g/mol. The summed E-state index contributed by atoms with van der Waals surface area (Å²) in [7, 11) is -3.70. The van der Waals surface area contributed by atoms with Gasteiger partial charge in [0.2, 0.25) is 21.1 Å². The van der Waals surface area contributed by atoms with Gasteiger partial charge in [0.1, 0.15) is 10.3 Å². The molecule has 0 saturated carbocycles. The van der Waals surface area contributed by atoms with Gasteiger partial charge in [0.05, 0.1) is 0 Å². The van der Waals surface area contributed by atoms with Gasteiger partial charge < -0.3 is 0 Å². The fraction of sp³-hybridized carbons (Fsp3) is 0.700. The van der Waals surface area contributed by atoms with Crippen molar-refractivity contribution in [3.8, 4) is 0 Å². The quantitative estimate of drug-likeness (QED) is 0.841. The molecule has 1 aliphatic heterocycles. The third kappa shape index (κ3) is 2.93. The Kier molecular flexibility index (Phi) is 3.40. The summed E-state index contributed by atoms with van der Waals surface area (Å²) in [5.74, 6) is -0.282. The second-order valence-electron chi connectivity index (χ2n) is 5.56. The number of hydrogen-bond donors (Lipinski definition) is 1. The number of carbonyl (C=O) groups is 1. The van der Waals surface area contributed by atoms with Crippen molar-refractivity contribution in [2.75, 3.05) is 11.4 Å². The van der Waals surface area contributed by atoms with E-state index >= 15 is 0 Å². The first-order valence-corrected chi connectivity index (χ1v) is 8.17. The number of anilines is 1. The Hall–Kier alpha value is -1.06. The van der Waals surface area contributed by atoms with E-state index < -0.39 is 15.3 Å². The number of primary sulfonamides is 1. The lowest BCUT2D eigenvalue weighted by molar-refractivity contribution is -0.117. The second kappa shape index (κ2) is 4.50. The number of hydrogen-bond acceptors (Lipinski definition) is 6. The molecule has 1 fully saturated rings. The maximum atomic E-state index is 11.8. The van der Waals surface area contributed by atoms with Crippen LogP contribution >= 0.6 is 11.3 Å². The van der Waals surface area contributed by atoms with Gasteiger partial charge in [-0.25, -0.2) is 13.6 Å². The number of carbonyl (C=O) groups excluding carboxylic acids is 1. The molecule has 19 heavy (non-hydrogen) atoms. The average Bonchev–Trinajstić information content (AvgIpc) is 2.80. The van der Waals surface area contributed by atoms with E-state index in [1.54, 1.807) is 0 Å². The molecular formula is C10H16N4O3S2. The molecule has 1 amide bonds. The van der Waals surface area contributed by atoms with E-state index in [2.05, 4.69) is 10.2 Å². The van der Waals surface area contributed by atoms with Crippen molar-refractivity contribution < 1.29 is 13.2 Å². The van der Waals surface area contributed by atoms with Crippen molar-refractivity contribution in [1.29, 1.82) is 0 Å². The number of nitrogens with zero attached hydrogens (tertiary/aromatic N) is 3. The first-order valence-electron chi connectivity index (χ1n) is 5.75. The van der Waals surface area contributed by atoms with E-state index in [-0.39, 0.29) is 24.3 Å². The summed E-state index contributed by atoms with van der Waals surface area (Å²) >= 11 is 1.30. The highest BCUT2D eigenvalue weighted by molar-refractivity contribution is 7.89. The lowest BCUT2D eigenvalue weighted by Crippen LogP contribution is -2.32. The number of rotatable bonds is 2. The van der Waals surface area contributed by atoms with Gasteiger partial charge in [-0.15, -0.1) is 10.2 Å². The summed E-state index contributed by atoms with van der Waals surface area (Å²) in [6, 6.07) is 0. The summed E-state index contributed by atoms with van der Waals surface area (Å²) in [6.07, 6.45) is -0.0940. The van der Waals surface area contributed by atoms with E-state index in [0.29, 0.717) is 5.13 Å². The predicted molar refractivity (Wildman–Crippen MR) is 72.5 cm³/mol. The molecule has 1 aromatic rings. The lowest BCUT2D eigenvalue weighted by atomic mass is 9.98. The second-order valence-corrected chi connectivity index (χ2v) is 8.36. The minimum absolute atomic E-state index is 0.0520. The van der Waals surface area contributed by atoms with E-state index in [1.165, 1.54) is 16.2 Å². The van der Waals surface area contributed by atoms with Crippen LogP contribution in [0.2, 0.25) is 0 Å². The zero-order chi connectivity index (χ0) is 14.4. The molecule has 0 spiro atoms. The molecule has 2 N–H and O–H groups in total. The van der Waals surface area contributed by atoms with Gasteiger partial charge in [-0.3, -0.25) is 9.69 Å². The molecule has 0 radical (unpaired) electrons. The van der Waals surface area contributed by atoms with E-state index in [4.69, 9.17) is 5.14 Å². The van der Waals surface area contributed by atoms with E-state index in [9.17, 15) is 13.2 Å². The molecule has 7 nitrogen and oxygen atoms in total. The van der Waals surface area contributed by atoms with Crippen LogP contribution in [0.25, 0.3) is 0 Å². The van der Waals surface area contributed by atoms with Crippen molar-refractivity contribution >= 4 is 32.4 Å². The third-order valence-electron chi connectivity index (χ3n) is 2.84. The summed E-state index contributed by atoms with van der Waals surface area (Å²) in [5.41, 5.74) is -0.155. The molecule has 1 atom stereocenters. The van der Waals surface area contributed by atoms with Gasteiger partial charge >= 0.3 is 0 Å². The van der Waals surface area contributed by atoms with Gasteiger partial charge in [-0.1, -0.05) is 32.1 Å². The number of nitrogens with two attached hydrogens (primary N) is 1. The summed E-state index contributed by atoms with van der Waals surface area (Å²) in [4.78, 5) is 13.2. The Labute approximate surface area is 115 Å². The Morgan fingerprint density at radius 1 is 1.37 bits per heavy atom. The zero-order valence-electron chi connectivity index (χ0n) is 11.0. The Morgan fingerprint density at radius 2 is 2.00 bits per heavy atom. The van der Waals surface area contributed by atoms with Crippen molar-refractivity contribution in [3.05, 3.63) is 5.01 Å². The van der Waals surface area contributed by atoms with E-state index in [0.717, 1.165) is 5.01 Å². The molecule has 0 aliphatic carbocycles. The van der Waals surface area contributed by atoms with Crippen molar-refractivity contribution in [2.45, 2.75) is 37.9 Å². The summed E-state index contributed by atoms with van der Waals surface area (Å²) in [6.45, 7) is 6.04. The molecule has 106 valence electrons. The molecular weight excluding hydrogens is 288 g/mol. The van der Waals surface area contributed by atoms with Crippen LogP contribution in [-0.4, -0.2) is 36.3 Å². The van der Waals surface area contributed by atoms with Crippen molar-refractivity contribution in [2.24, 2.45) is 5.14 Å². The molecule has 1 saturated heterocycles. The van der Waals surface area contributed by atoms with Crippen LogP contribution in [0, 0.1) is 0 Å². The van der Waals surface area contributed by atoms with Crippen molar-refractivity contribution in [3.63, 3.8) is 0 Å². The molecule has 0 bridgehead atoms. The van der Waals surface area contributed by atoms with E-state index in [1.807, 2.05) is 20.8 Å².